The summed E-state index contributed by atoms with van der Waals surface area (Å²) in [6.07, 6.45) is 6.69. The summed E-state index contributed by atoms with van der Waals surface area (Å²) in [5.74, 6) is -0.0749. The lowest BCUT2D eigenvalue weighted by Gasteiger charge is -2.17. The SMILES string of the molecule is C=C1C(=O)O[C@@H]2[C@@H]3O[C@H]3CCC=C(C)CC[C@@H]12. The molecular formula is C14H18O3. The fraction of sp³-hybridized carbons (Fsp3) is 0.643. The van der Waals surface area contributed by atoms with E-state index in [0.717, 1.165) is 25.7 Å². The zero-order valence-electron chi connectivity index (χ0n) is 10.1. The largest absolute Gasteiger partial charge is 0.455 e. The second kappa shape index (κ2) is 3.98. The molecule has 4 atom stereocenters. The number of hydrogen-bond acceptors (Lipinski definition) is 3. The Bertz CT molecular complexity index is 396. The Morgan fingerprint density at radius 2 is 2.18 bits per heavy atom. The molecule has 3 heteroatoms. The van der Waals surface area contributed by atoms with Crippen molar-refractivity contribution >= 4 is 5.97 Å². The van der Waals surface area contributed by atoms with Crippen molar-refractivity contribution in [3.63, 3.8) is 0 Å². The van der Waals surface area contributed by atoms with Crippen molar-refractivity contribution in [1.82, 2.24) is 0 Å². The van der Waals surface area contributed by atoms with E-state index in [9.17, 15) is 4.79 Å². The van der Waals surface area contributed by atoms with Gasteiger partial charge in [-0.3, -0.25) is 0 Å². The second-order valence-electron chi connectivity index (χ2n) is 5.31. The highest BCUT2D eigenvalue weighted by molar-refractivity contribution is 5.90. The maximum Gasteiger partial charge on any atom is 0.334 e. The van der Waals surface area contributed by atoms with Crippen LogP contribution in [0.2, 0.25) is 0 Å². The Kier molecular flexibility index (Phi) is 2.58. The molecule has 0 radical (unpaired) electrons. The second-order valence-corrected chi connectivity index (χ2v) is 5.31. The van der Waals surface area contributed by atoms with Gasteiger partial charge >= 0.3 is 5.97 Å². The van der Waals surface area contributed by atoms with Crippen LogP contribution in [0.25, 0.3) is 0 Å². The smallest absolute Gasteiger partial charge is 0.334 e. The van der Waals surface area contributed by atoms with Crippen LogP contribution in [0.5, 0.6) is 0 Å². The summed E-state index contributed by atoms with van der Waals surface area (Å²) in [7, 11) is 0. The minimum atomic E-state index is -0.227. The van der Waals surface area contributed by atoms with E-state index in [1.54, 1.807) is 0 Å². The molecule has 0 N–H and O–H groups in total. The summed E-state index contributed by atoms with van der Waals surface area (Å²) in [5, 5.41) is 0. The molecule has 0 aromatic heterocycles. The molecule has 0 unspecified atom stereocenters. The number of carbonyl (C=O) groups excluding carboxylic acids is 1. The van der Waals surface area contributed by atoms with Gasteiger partial charge in [0, 0.05) is 11.5 Å². The lowest BCUT2D eigenvalue weighted by atomic mass is 9.87. The van der Waals surface area contributed by atoms with Crippen LogP contribution >= 0.6 is 0 Å². The molecule has 2 fully saturated rings. The summed E-state index contributed by atoms with van der Waals surface area (Å²) >= 11 is 0. The van der Waals surface area contributed by atoms with Crippen LogP contribution in [0, 0.1) is 5.92 Å². The van der Waals surface area contributed by atoms with Gasteiger partial charge in [-0.1, -0.05) is 18.2 Å². The number of hydrogen-bond donors (Lipinski definition) is 0. The first-order valence-electron chi connectivity index (χ1n) is 6.37. The van der Waals surface area contributed by atoms with Crippen LogP contribution in [0.15, 0.2) is 23.8 Å². The molecule has 92 valence electrons. The topological polar surface area (TPSA) is 38.8 Å². The third-order valence-corrected chi connectivity index (χ3v) is 4.09. The molecule has 0 aromatic carbocycles. The molecule has 2 aliphatic heterocycles. The summed E-state index contributed by atoms with van der Waals surface area (Å²) < 4.78 is 11.1. The average molecular weight is 234 g/mol. The molecule has 1 aliphatic carbocycles. The fourth-order valence-corrected chi connectivity index (χ4v) is 2.92. The van der Waals surface area contributed by atoms with Crippen LogP contribution in [0.1, 0.15) is 32.6 Å². The molecule has 0 spiro atoms. The van der Waals surface area contributed by atoms with Gasteiger partial charge in [-0.2, -0.15) is 0 Å². The molecule has 0 amide bonds. The molecule has 3 rings (SSSR count). The number of carbonyl (C=O) groups is 1. The Morgan fingerprint density at radius 3 is 3.00 bits per heavy atom. The van der Waals surface area contributed by atoms with Crippen LogP contribution in [-0.2, 0) is 14.3 Å². The van der Waals surface area contributed by atoms with Gasteiger partial charge in [0.25, 0.3) is 0 Å². The van der Waals surface area contributed by atoms with Crippen molar-refractivity contribution in [1.29, 1.82) is 0 Å². The predicted molar refractivity (Wildman–Crippen MR) is 63.4 cm³/mol. The number of epoxide rings is 1. The highest BCUT2D eigenvalue weighted by atomic mass is 16.6. The van der Waals surface area contributed by atoms with E-state index in [1.165, 1.54) is 5.57 Å². The minimum absolute atomic E-state index is 0.0779. The molecule has 3 aliphatic rings. The number of rotatable bonds is 0. The molecule has 17 heavy (non-hydrogen) atoms. The Labute approximate surface area is 101 Å². The first kappa shape index (κ1) is 11.0. The van der Waals surface area contributed by atoms with Crippen LogP contribution in [-0.4, -0.2) is 24.3 Å². The third kappa shape index (κ3) is 1.93. The zero-order chi connectivity index (χ0) is 12.0. The first-order chi connectivity index (χ1) is 8.16. The molecular weight excluding hydrogens is 216 g/mol. The lowest BCUT2D eigenvalue weighted by Crippen LogP contribution is -2.25. The Balaban J connectivity index is 1.82. The number of fused-ring (bicyclic) bond motifs is 3. The monoisotopic (exact) mass is 234 g/mol. The maximum absolute atomic E-state index is 11.6. The standard InChI is InChI=1S/C14H18O3/c1-8-4-3-5-11-13(16-11)12-10(7-6-8)9(2)14(15)17-12/h4,10-13H,2-3,5-7H2,1H3/t10-,11-,12-,13+/m0/s1. The normalized spacial score (nSPS) is 41.1. The van der Waals surface area contributed by atoms with Crippen molar-refractivity contribution in [3.05, 3.63) is 23.8 Å². The van der Waals surface area contributed by atoms with Crippen molar-refractivity contribution in [2.24, 2.45) is 5.92 Å². The van der Waals surface area contributed by atoms with Crippen LogP contribution in [0.3, 0.4) is 0 Å². The molecule has 3 nitrogen and oxygen atoms in total. The average Bonchev–Trinajstić information content (AvgIpc) is 3.00. The van der Waals surface area contributed by atoms with E-state index in [0.29, 0.717) is 5.57 Å². The van der Waals surface area contributed by atoms with Gasteiger partial charge in [0.15, 0.2) is 0 Å². The van der Waals surface area contributed by atoms with Crippen molar-refractivity contribution < 1.29 is 14.3 Å². The van der Waals surface area contributed by atoms with Crippen LogP contribution in [0.4, 0.5) is 0 Å². The summed E-state index contributed by atoms with van der Waals surface area (Å²) in [5.41, 5.74) is 2.03. The van der Waals surface area contributed by atoms with Crippen molar-refractivity contribution in [2.75, 3.05) is 0 Å². The molecule has 0 saturated carbocycles. The van der Waals surface area contributed by atoms with E-state index < -0.39 is 0 Å². The van der Waals surface area contributed by atoms with Gasteiger partial charge in [-0.15, -0.1) is 0 Å². The van der Waals surface area contributed by atoms with Gasteiger partial charge in [0.2, 0.25) is 0 Å². The third-order valence-electron chi connectivity index (χ3n) is 4.09. The van der Waals surface area contributed by atoms with Crippen molar-refractivity contribution in [3.8, 4) is 0 Å². The highest BCUT2D eigenvalue weighted by Gasteiger charge is 2.53. The van der Waals surface area contributed by atoms with Crippen molar-refractivity contribution in [2.45, 2.75) is 50.9 Å². The van der Waals surface area contributed by atoms with E-state index in [-0.39, 0.29) is 30.2 Å². The number of ether oxygens (including phenoxy) is 2. The van der Waals surface area contributed by atoms with Gasteiger partial charge in [0.1, 0.15) is 12.2 Å². The summed E-state index contributed by atoms with van der Waals surface area (Å²) in [4.78, 5) is 11.6. The molecule has 0 aromatic rings. The predicted octanol–water partition coefficient (Wildman–Crippen LogP) is 2.37. The Hall–Kier alpha value is -1.09. The maximum atomic E-state index is 11.6. The van der Waals surface area contributed by atoms with Gasteiger partial charge in [-0.25, -0.2) is 4.79 Å². The zero-order valence-corrected chi connectivity index (χ0v) is 10.1. The van der Waals surface area contributed by atoms with Gasteiger partial charge < -0.3 is 9.47 Å². The van der Waals surface area contributed by atoms with E-state index >= 15 is 0 Å². The van der Waals surface area contributed by atoms with E-state index in [4.69, 9.17) is 9.47 Å². The lowest BCUT2D eigenvalue weighted by molar-refractivity contribution is -0.140. The first-order valence-corrected chi connectivity index (χ1v) is 6.37. The number of allylic oxidation sites excluding steroid dienone is 2. The molecule has 2 heterocycles. The molecule has 2 saturated heterocycles. The van der Waals surface area contributed by atoms with Gasteiger partial charge in [0.05, 0.1) is 6.10 Å². The minimum Gasteiger partial charge on any atom is -0.455 e. The Morgan fingerprint density at radius 1 is 1.35 bits per heavy atom. The highest BCUT2D eigenvalue weighted by Crippen LogP contribution is 2.42. The molecule has 0 bridgehead atoms. The quantitative estimate of drug-likeness (QED) is 0.279. The van der Waals surface area contributed by atoms with Crippen LogP contribution < -0.4 is 0 Å². The fourth-order valence-electron chi connectivity index (χ4n) is 2.92. The summed E-state index contributed by atoms with van der Waals surface area (Å²) in [6, 6.07) is 0. The summed E-state index contributed by atoms with van der Waals surface area (Å²) in [6.45, 7) is 6.03. The number of esters is 1. The van der Waals surface area contributed by atoms with E-state index in [1.807, 2.05) is 0 Å². The van der Waals surface area contributed by atoms with Gasteiger partial charge in [-0.05, 0) is 32.6 Å². The van der Waals surface area contributed by atoms with E-state index in [2.05, 4.69) is 19.6 Å².